The molecule has 1 amide bonds. The van der Waals surface area contributed by atoms with Gasteiger partial charge in [0.25, 0.3) is 0 Å². The number of carbonyl (C=O) groups is 1. The average molecular weight is 375 g/mol. The third-order valence-electron chi connectivity index (χ3n) is 4.99. The Hall–Kier alpha value is -2.12. The van der Waals surface area contributed by atoms with E-state index in [0.29, 0.717) is 26.1 Å². The summed E-state index contributed by atoms with van der Waals surface area (Å²) in [6.45, 7) is 6.42. The summed E-state index contributed by atoms with van der Waals surface area (Å²) in [5.41, 5.74) is 1.96. The summed E-state index contributed by atoms with van der Waals surface area (Å²) >= 11 is 1.24. The van der Waals surface area contributed by atoms with Gasteiger partial charge in [0.05, 0.1) is 13.2 Å². The zero-order valence-corrected chi connectivity index (χ0v) is 16.3. The van der Waals surface area contributed by atoms with Gasteiger partial charge in [0.2, 0.25) is 5.91 Å². The molecule has 1 aliphatic heterocycles. The zero-order chi connectivity index (χ0) is 18.7. The van der Waals surface area contributed by atoms with Gasteiger partial charge in [-0.2, -0.15) is 0 Å². The minimum Gasteiger partial charge on any atom is -0.496 e. The van der Waals surface area contributed by atoms with Gasteiger partial charge in [0, 0.05) is 48.7 Å². The number of hydrogen-bond donors (Lipinski definition) is 1. The van der Waals surface area contributed by atoms with Crippen LogP contribution in [0, 0.1) is 13.8 Å². The third kappa shape index (κ3) is 3.68. The second kappa shape index (κ2) is 8.05. The monoisotopic (exact) mass is 375 g/mol. The lowest BCUT2D eigenvalue weighted by Crippen LogP contribution is -2.49. The molecule has 2 aromatic rings. The molecule has 1 N–H and O–H groups in total. The van der Waals surface area contributed by atoms with Gasteiger partial charge in [-0.25, -0.2) is 0 Å². The highest BCUT2D eigenvalue weighted by atomic mass is 32.1. The first-order valence-electron chi connectivity index (χ1n) is 8.83. The van der Waals surface area contributed by atoms with Crippen LogP contribution in [0.3, 0.4) is 0 Å². The molecule has 0 aliphatic carbocycles. The Labute approximate surface area is 157 Å². The summed E-state index contributed by atoms with van der Waals surface area (Å²) in [5.74, 6) is 0.858. The minimum atomic E-state index is -0.0607. The molecule has 140 valence electrons. The number of carbonyl (C=O) groups excluding carboxylic acids is 1. The number of hydrogen-bond acceptors (Lipinski definition) is 5. The molecule has 1 aromatic carbocycles. The summed E-state index contributed by atoms with van der Waals surface area (Å²) < 4.78 is 7.19. The number of piperazine rings is 1. The molecule has 6 nitrogen and oxygen atoms in total. The molecular weight excluding hydrogens is 350 g/mol. The SMILES string of the molecule is COc1ccccc1C1CNCCN1C(=O)CCn1c(C)c(C)sc1=O. The normalized spacial score (nSPS) is 17.3. The van der Waals surface area contributed by atoms with Crippen molar-refractivity contribution in [1.82, 2.24) is 14.8 Å². The molecule has 1 aliphatic rings. The van der Waals surface area contributed by atoms with Crippen molar-refractivity contribution in [2.45, 2.75) is 32.9 Å². The van der Waals surface area contributed by atoms with Crippen LogP contribution in [0.2, 0.25) is 0 Å². The Kier molecular flexibility index (Phi) is 5.78. The van der Waals surface area contributed by atoms with Gasteiger partial charge in [-0.3, -0.25) is 9.59 Å². The van der Waals surface area contributed by atoms with Crippen molar-refractivity contribution in [3.05, 3.63) is 50.1 Å². The highest BCUT2D eigenvalue weighted by Crippen LogP contribution is 2.30. The van der Waals surface area contributed by atoms with Gasteiger partial charge in [0.15, 0.2) is 0 Å². The van der Waals surface area contributed by atoms with E-state index >= 15 is 0 Å². The third-order valence-corrected chi connectivity index (χ3v) is 5.98. The van der Waals surface area contributed by atoms with Crippen LogP contribution in [-0.2, 0) is 11.3 Å². The van der Waals surface area contributed by atoms with E-state index in [2.05, 4.69) is 5.32 Å². The Morgan fingerprint density at radius 3 is 2.81 bits per heavy atom. The van der Waals surface area contributed by atoms with Crippen LogP contribution in [-0.4, -0.2) is 42.1 Å². The molecule has 0 radical (unpaired) electrons. The lowest BCUT2D eigenvalue weighted by molar-refractivity contribution is -0.134. The van der Waals surface area contributed by atoms with Crippen LogP contribution < -0.4 is 14.9 Å². The number of amides is 1. The lowest BCUT2D eigenvalue weighted by atomic mass is 10.0. The second-order valence-electron chi connectivity index (χ2n) is 6.46. The number of aromatic nitrogens is 1. The first-order chi connectivity index (χ1) is 12.5. The molecular formula is C19H25N3O3S. The molecule has 1 aromatic heterocycles. The predicted octanol–water partition coefficient (Wildman–Crippen LogP) is 2.10. The number of para-hydroxylation sites is 1. The van der Waals surface area contributed by atoms with E-state index in [9.17, 15) is 9.59 Å². The molecule has 7 heteroatoms. The van der Waals surface area contributed by atoms with E-state index in [4.69, 9.17) is 4.74 Å². The van der Waals surface area contributed by atoms with Crippen molar-refractivity contribution < 1.29 is 9.53 Å². The van der Waals surface area contributed by atoms with Crippen LogP contribution >= 0.6 is 11.3 Å². The maximum atomic E-state index is 12.9. The maximum Gasteiger partial charge on any atom is 0.307 e. The molecule has 1 fully saturated rings. The van der Waals surface area contributed by atoms with E-state index < -0.39 is 0 Å². The zero-order valence-electron chi connectivity index (χ0n) is 15.4. The van der Waals surface area contributed by atoms with Crippen molar-refractivity contribution in [1.29, 1.82) is 0 Å². The Morgan fingerprint density at radius 1 is 1.35 bits per heavy atom. The Morgan fingerprint density at radius 2 is 2.12 bits per heavy atom. The number of rotatable bonds is 5. The summed E-state index contributed by atoms with van der Waals surface area (Å²) in [6.07, 6.45) is 0.322. The smallest absolute Gasteiger partial charge is 0.307 e. The van der Waals surface area contributed by atoms with E-state index in [-0.39, 0.29) is 16.8 Å². The Balaban J connectivity index is 1.77. The highest BCUT2D eigenvalue weighted by molar-refractivity contribution is 7.09. The number of nitrogens with zero attached hydrogens (tertiary/aromatic N) is 2. The maximum absolute atomic E-state index is 12.9. The first-order valence-corrected chi connectivity index (χ1v) is 9.64. The fourth-order valence-corrected chi connectivity index (χ4v) is 4.28. The van der Waals surface area contributed by atoms with E-state index in [1.54, 1.807) is 11.7 Å². The summed E-state index contributed by atoms with van der Waals surface area (Å²) in [4.78, 5) is 27.9. The standard InChI is InChI=1S/C19H25N3O3S/c1-13-14(2)26-19(24)21(13)10-8-18(23)22-11-9-20-12-16(22)15-6-4-5-7-17(15)25-3/h4-7,16,20H,8-12H2,1-3H3. The molecule has 3 rings (SSSR count). The summed E-state index contributed by atoms with van der Waals surface area (Å²) in [5, 5.41) is 3.36. The van der Waals surface area contributed by atoms with Crippen molar-refractivity contribution in [3.8, 4) is 5.75 Å². The number of aryl methyl sites for hydroxylation is 1. The van der Waals surface area contributed by atoms with Crippen LogP contribution in [0.5, 0.6) is 5.75 Å². The van der Waals surface area contributed by atoms with Crippen molar-refractivity contribution in [2.75, 3.05) is 26.7 Å². The first kappa shape index (κ1) is 18.7. The number of methoxy groups -OCH3 is 1. The molecule has 26 heavy (non-hydrogen) atoms. The molecule has 1 atom stereocenters. The Bertz CT molecular complexity index is 843. The fourth-order valence-electron chi connectivity index (χ4n) is 3.42. The lowest BCUT2D eigenvalue weighted by Gasteiger charge is -2.37. The van der Waals surface area contributed by atoms with Crippen LogP contribution in [0.1, 0.15) is 28.6 Å². The molecule has 0 saturated carbocycles. The van der Waals surface area contributed by atoms with Gasteiger partial charge in [-0.15, -0.1) is 0 Å². The van der Waals surface area contributed by atoms with Gasteiger partial charge >= 0.3 is 4.87 Å². The van der Waals surface area contributed by atoms with E-state index in [1.807, 2.05) is 43.0 Å². The topological polar surface area (TPSA) is 63.6 Å². The van der Waals surface area contributed by atoms with Crippen molar-refractivity contribution in [2.24, 2.45) is 0 Å². The van der Waals surface area contributed by atoms with Crippen molar-refractivity contribution in [3.63, 3.8) is 0 Å². The molecule has 0 spiro atoms. The van der Waals surface area contributed by atoms with Gasteiger partial charge < -0.3 is 19.5 Å². The summed E-state index contributed by atoms with van der Waals surface area (Å²) in [7, 11) is 1.65. The molecule has 0 bridgehead atoms. The van der Waals surface area contributed by atoms with Crippen LogP contribution in [0.15, 0.2) is 29.1 Å². The van der Waals surface area contributed by atoms with Gasteiger partial charge in [-0.05, 0) is 19.9 Å². The second-order valence-corrected chi connectivity index (χ2v) is 7.63. The quantitative estimate of drug-likeness (QED) is 0.869. The fraction of sp³-hybridized carbons (Fsp3) is 0.474. The van der Waals surface area contributed by atoms with Crippen molar-refractivity contribution >= 4 is 17.2 Å². The summed E-state index contributed by atoms with van der Waals surface area (Å²) in [6, 6.07) is 7.76. The highest BCUT2D eigenvalue weighted by Gasteiger charge is 2.29. The number of nitrogens with one attached hydrogen (secondary N) is 1. The molecule has 1 saturated heterocycles. The number of thiazole rings is 1. The van der Waals surface area contributed by atoms with Crippen LogP contribution in [0.4, 0.5) is 0 Å². The van der Waals surface area contributed by atoms with E-state index in [0.717, 1.165) is 28.4 Å². The molecule has 2 heterocycles. The van der Waals surface area contributed by atoms with Gasteiger partial charge in [0.1, 0.15) is 5.75 Å². The average Bonchev–Trinajstić information content (AvgIpc) is 2.91. The number of ether oxygens (including phenoxy) is 1. The van der Waals surface area contributed by atoms with Gasteiger partial charge in [-0.1, -0.05) is 29.5 Å². The minimum absolute atomic E-state index is 0.00869. The largest absolute Gasteiger partial charge is 0.496 e. The number of benzene rings is 1. The molecule has 1 unspecified atom stereocenters. The van der Waals surface area contributed by atoms with Crippen LogP contribution in [0.25, 0.3) is 0 Å². The predicted molar refractivity (Wildman–Crippen MR) is 103 cm³/mol. The van der Waals surface area contributed by atoms with E-state index in [1.165, 1.54) is 11.3 Å².